The lowest BCUT2D eigenvalue weighted by atomic mass is 9.72. The number of aliphatic hydroxyl groups is 2. The van der Waals surface area contributed by atoms with Crippen molar-refractivity contribution in [1.29, 1.82) is 5.26 Å². The SMILES string of the molecule is N#Cc1ccc(OCC(O)CN2CCC(C(O)(c3ccccc3)c3ccccc3)CC2)c(F)c1. The summed E-state index contributed by atoms with van der Waals surface area (Å²) in [5.41, 5.74) is 0.915. The van der Waals surface area contributed by atoms with Crippen LogP contribution in [0.2, 0.25) is 0 Å². The predicted octanol–water partition coefficient (Wildman–Crippen LogP) is 4.09. The van der Waals surface area contributed by atoms with Crippen molar-refractivity contribution < 1.29 is 19.3 Å². The highest BCUT2D eigenvalue weighted by Crippen LogP contribution is 2.41. The molecule has 1 atom stereocenters. The second kappa shape index (κ2) is 10.8. The Bertz CT molecular complexity index is 1070. The second-order valence-corrected chi connectivity index (χ2v) is 8.80. The maximum Gasteiger partial charge on any atom is 0.166 e. The van der Waals surface area contributed by atoms with Crippen molar-refractivity contribution >= 4 is 0 Å². The third kappa shape index (κ3) is 5.28. The van der Waals surface area contributed by atoms with E-state index >= 15 is 0 Å². The first-order valence-electron chi connectivity index (χ1n) is 11.6. The van der Waals surface area contributed by atoms with Crippen molar-refractivity contribution in [1.82, 2.24) is 4.90 Å². The summed E-state index contributed by atoms with van der Waals surface area (Å²) in [7, 11) is 0. The number of nitrogens with zero attached hydrogens (tertiary/aromatic N) is 2. The number of β-amino-alcohol motifs (C(OH)–C–C–N with tert-alkyl or cyclic N) is 1. The fourth-order valence-electron chi connectivity index (χ4n) is 4.78. The Balaban J connectivity index is 1.36. The normalized spacial score (nSPS) is 16.1. The molecule has 3 aromatic carbocycles. The highest BCUT2D eigenvalue weighted by atomic mass is 19.1. The minimum absolute atomic E-state index is 0.0209. The largest absolute Gasteiger partial charge is 0.488 e. The molecule has 0 saturated carbocycles. The Morgan fingerprint density at radius 3 is 2.12 bits per heavy atom. The number of benzene rings is 3. The van der Waals surface area contributed by atoms with Crippen LogP contribution in [0.15, 0.2) is 78.9 Å². The van der Waals surface area contributed by atoms with Crippen LogP contribution in [0.5, 0.6) is 5.75 Å². The molecule has 0 radical (unpaired) electrons. The Morgan fingerprint density at radius 1 is 1.00 bits per heavy atom. The van der Waals surface area contributed by atoms with Gasteiger partial charge in [0.25, 0.3) is 0 Å². The van der Waals surface area contributed by atoms with E-state index in [4.69, 9.17) is 10.00 Å². The van der Waals surface area contributed by atoms with Gasteiger partial charge in [0, 0.05) is 6.54 Å². The van der Waals surface area contributed by atoms with Crippen LogP contribution in [0.3, 0.4) is 0 Å². The smallest absolute Gasteiger partial charge is 0.166 e. The number of aliphatic hydroxyl groups excluding tert-OH is 1. The molecule has 1 aliphatic heterocycles. The molecular weight excluding hydrogens is 431 g/mol. The van der Waals surface area contributed by atoms with Gasteiger partial charge in [0.2, 0.25) is 0 Å². The Kier molecular flexibility index (Phi) is 7.59. The minimum atomic E-state index is -1.08. The number of nitriles is 1. The molecule has 0 amide bonds. The maximum absolute atomic E-state index is 14.0. The Labute approximate surface area is 199 Å². The highest BCUT2D eigenvalue weighted by molar-refractivity contribution is 5.37. The summed E-state index contributed by atoms with van der Waals surface area (Å²) >= 11 is 0. The summed E-state index contributed by atoms with van der Waals surface area (Å²) in [4.78, 5) is 2.15. The van der Waals surface area contributed by atoms with Gasteiger partial charge in [-0.05, 0) is 61.2 Å². The Morgan fingerprint density at radius 2 is 1.59 bits per heavy atom. The third-order valence-corrected chi connectivity index (χ3v) is 6.57. The van der Waals surface area contributed by atoms with Crippen molar-refractivity contribution in [2.45, 2.75) is 24.5 Å². The molecule has 3 aromatic rings. The molecule has 6 heteroatoms. The van der Waals surface area contributed by atoms with Crippen LogP contribution >= 0.6 is 0 Å². The third-order valence-electron chi connectivity index (χ3n) is 6.57. The van der Waals surface area contributed by atoms with Crippen LogP contribution in [0.1, 0.15) is 29.5 Å². The summed E-state index contributed by atoms with van der Waals surface area (Å²) in [6.07, 6.45) is 0.768. The Hall–Kier alpha value is -3.24. The topological polar surface area (TPSA) is 76.7 Å². The van der Waals surface area contributed by atoms with E-state index in [-0.39, 0.29) is 23.8 Å². The van der Waals surface area contributed by atoms with Crippen molar-refractivity contribution in [3.05, 3.63) is 101 Å². The van der Waals surface area contributed by atoms with Crippen LogP contribution in [0.4, 0.5) is 4.39 Å². The first-order chi connectivity index (χ1) is 16.5. The van der Waals surface area contributed by atoms with Gasteiger partial charge in [-0.2, -0.15) is 5.26 Å². The van der Waals surface area contributed by atoms with E-state index < -0.39 is 17.5 Å². The average molecular weight is 461 g/mol. The number of rotatable bonds is 8. The molecule has 0 aromatic heterocycles. The lowest BCUT2D eigenvalue weighted by Gasteiger charge is -2.42. The molecule has 0 bridgehead atoms. The first-order valence-corrected chi connectivity index (χ1v) is 11.6. The number of piperidine rings is 1. The van der Waals surface area contributed by atoms with Gasteiger partial charge in [-0.3, -0.25) is 0 Å². The molecule has 1 aliphatic rings. The zero-order chi connectivity index (χ0) is 24.0. The van der Waals surface area contributed by atoms with Gasteiger partial charge in [0.05, 0.1) is 11.6 Å². The molecule has 1 unspecified atom stereocenters. The second-order valence-electron chi connectivity index (χ2n) is 8.80. The molecule has 34 heavy (non-hydrogen) atoms. The zero-order valence-electron chi connectivity index (χ0n) is 19.0. The number of ether oxygens (including phenoxy) is 1. The lowest BCUT2D eigenvalue weighted by Crippen LogP contribution is -2.46. The summed E-state index contributed by atoms with van der Waals surface area (Å²) < 4.78 is 19.4. The summed E-state index contributed by atoms with van der Waals surface area (Å²) in [6.45, 7) is 1.82. The minimum Gasteiger partial charge on any atom is -0.488 e. The van der Waals surface area contributed by atoms with E-state index in [9.17, 15) is 14.6 Å². The standard InChI is InChI=1S/C28H29FN2O3/c29-26-17-21(18-30)11-12-27(26)34-20-25(32)19-31-15-13-24(14-16-31)28(33,22-7-3-1-4-8-22)23-9-5-2-6-10-23/h1-12,17,24-25,32-33H,13-16,19-20H2. The quantitative estimate of drug-likeness (QED) is 0.530. The van der Waals surface area contributed by atoms with E-state index in [1.54, 1.807) is 0 Å². The van der Waals surface area contributed by atoms with Gasteiger partial charge in [-0.15, -0.1) is 0 Å². The van der Waals surface area contributed by atoms with E-state index in [1.807, 2.05) is 66.7 Å². The molecule has 1 fully saturated rings. The first kappa shape index (κ1) is 23.9. The molecule has 1 saturated heterocycles. The zero-order valence-corrected chi connectivity index (χ0v) is 19.0. The van der Waals surface area contributed by atoms with Gasteiger partial charge < -0.3 is 19.8 Å². The summed E-state index contributed by atoms with van der Waals surface area (Å²) in [5.74, 6) is -0.560. The highest BCUT2D eigenvalue weighted by Gasteiger charge is 2.41. The van der Waals surface area contributed by atoms with Crippen LogP contribution < -0.4 is 4.74 Å². The van der Waals surface area contributed by atoms with Gasteiger partial charge in [0.15, 0.2) is 11.6 Å². The number of hydrogen-bond donors (Lipinski definition) is 2. The van der Waals surface area contributed by atoms with E-state index in [0.29, 0.717) is 6.54 Å². The van der Waals surface area contributed by atoms with E-state index in [1.165, 1.54) is 12.1 Å². The molecule has 176 valence electrons. The average Bonchev–Trinajstić information content (AvgIpc) is 2.89. The van der Waals surface area contributed by atoms with Crippen LogP contribution in [-0.4, -0.2) is 47.5 Å². The number of hydrogen-bond acceptors (Lipinski definition) is 5. The monoisotopic (exact) mass is 460 g/mol. The molecule has 1 heterocycles. The number of halogens is 1. The van der Waals surface area contributed by atoms with E-state index in [0.717, 1.165) is 43.1 Å². The fourth-order valence-corrected chi connectivity index (χ4v) is 4.78. The maximum atomic E-state index is 14.0. The molecule has 0 spiro atoms. The van der Waals surface area contributed by atoms with Gasteiger partial charge >= 0.3 is 0 Å². The summed E-state index contributed by atoms with van der Waals surface area (Å²) in [5, 5.41) is 31.3. The van der Waals surface area contributed by atoms with Gasteiger partial charge in [-0.1, -0.05) is 60.7 Å². The molecule has 0 aliphatic carbocycles. The van der Waals surface area contributed by atoms with Crippen molar-refractivity contribution in [2.24, 2.45) is 5.92 Å². The fraction of sp³-hybridized carbons (Fsp3) is 0.321. The van der Waals surface area contributed by atoms with Crippen molar-refractivity contribution in [3.8, 4) is 11.8 Å². The molecular formula is C28H29FN2O3. The van der Waals surface area contributed by atoms with Crippen molar-refractivity contribution in [2.75, 3.05) is 26.2 Å². The number of likely N-dealkylation sites (tertiary alicyclic amines) is 1. The van der Waals surface area contributed by atoms with Crippen LogP contribution in [0, 0.1) is 23.1 Å². The van der Waals surface area contributed by atoms with Crippen LogP contribution in [-0.2, 0) is 5.60 Å². The van der Waals surface area contributed by atoms with E-state index in [2.05, 4.69) is 4.90 Å². The predicted molar refractivity (Wildman–Crippen MR) is 128 cm³/mol. The molecule has 4 rings (SSSR count). The lowest BCUT2D eigenvalue weighted by molar-refractivity contribution is -0.0223. The van der Waals surface area contributed by atoms with Gasteiger partial charge in [-0.25, -0.2) is 4.39 Å². The molecule has 2 N–H and O–H groups in total. The van der Waals surface area contributed by atoms with Crippen molar-refractivity contribution in [3.63, 3.8) is 0 Å². The summed E-state index contributed by atoms with van der Waals surface area (Å²) in [6, 6.07) is 25.5. The van der Waals surface area contributed by atoms with Crippen LogP contribution in [0.25, 0.3) is 0 Å². The molecule has 5 nitrogen and oxygen atoms in total. The van der Waals surface area contributed by atoms with Gasteiger partial charge in [0.1, 0.15) is 18.3 Å².